The van der Waals surface area contributed by atoms with Crippen LogP contribution in [0.25, 0.3) is 11.4 Å². The average molecular weight is 471 g/mol. The van der Waals surface area contributed by atoms with Gasteiger partial charge in [-0.3, -0.25) is 15.6 Å². The topological polar surface area (TPSA) is 58.1 Å². The Bertz CT molecular complexity index is 1430. The highest BCUT2D eigenvalue weighted by Gasteiger charge is 2.18. The molecule has 1 aliphatic heterocycles. The highest BCUT2D eigenvalue weighted by Crippen LogP contribution is 2.44. The SMILES string of the molecule is C=C(NNC(=O)c1cc(C)n(-c2ccc(F)cc2)c1C)c1ccc2c(c1)Nc1ccccc1S2. The summed E-state index contributed by atoms with van der Waals surface area (Å²) in [5.74, 6) is -0.574. The number of carbonyl (C=O) groups excluding carboxylic acids is 1. The molecule has 5 rings (SSSR count). The Labute approximate surface area is 201 Å². The van der Waals surface area contributed by atoms with E-state index in [9.17, 15) is 9.18 Å². The molecule has 0 fully saturated rings. The predicted molar refractivity (Wildman–Crippen MR) is 135 cm³/mol. The lowest BCUT2D eigenvalue weighted by atomic mass is 10.1. The summed E-state index contributed by atoms with van der Waals surface area (Å²) in [5.41, 5.74) is 12.2. The maximum absolute atomic E-state index is 13.3. The van der Waals surface area contributed by atoms with E-state index in [1.807, 2.05) is 60.9 Å². The van der Waals surface area contributed by atoms with Crippen LogP contribution in [0.2, 0.25) is 0 Å². The summed E-state index contributed by atoms with van der Waals surface area (Å²) in [5, 5.41) is 3.46. The minimum atomic E-state index is -0.299. The van der Waals surface area contributed by atoms with Gasteiger partial charge in [0.15, 0.2) is 0 Å². The Balaban J connectivity index is 1.29. The van der Waals surface area contributed by atoms with E-state index in [1.54, 1.807) is 23.9 Å². The lowest BCUT2D eigenvalue weighted by Gasteiger charge is -2.22. The van der Waals surface area contributed by atoms with Gasteiger partial charge in [0.2, 0.25) is 0 Å². The molecule has 3 aromatic carbocycles. The van der Waals surface area contributed by atoms with Crippen LogP contribution in [0.15, 0.2) is 89.2 Å². The molecule has 0 radical (unpaired) electrons. The summed E-state index contributed by atoms with van der Waals surface area (Å²) in [6.45, 7) is 7.86. The Kier molecular flexibility index (Phi) is 5.63. The first-order valence-corrected chi connectivity index (χ1v) is 11.6. The number of anilines is 2. The molecular weight excluding hydrogens is 447 g/mol. The van der Waals surface area contributed by atoms with Crippen molar-refractivity contribution in [1.82, 2.24) is 15.4 Å². The summed E-state index contributed by atoms with van der Waals surface area (Å²) in [4.78, 5) is 15.2. The number of hydrogen-bond donors (Lipinski definition) is 3. The van der Waals surface area contributed by atoms with Gasteiger partial charge >= 0.3 is 0 Å². The number of carbonyl (C=O) groups is 1. The van der Waals surface area contributed by atoms with Crippen LogP contribution in [0.5, 0.6) is 0 Å². The van der Waals surface area contributed by atoms with E-state index < -0.39 is 0 Å². The molecule has 1 amide bonds. The van der Waals surface area contributed by atoms with Gasteiger partial charge in [-0.1, -0.05) is 36.5 Å². The first kappa shape index (κ1) is 21.9. The Hall–Kier alpha value is -3.97. The fourth-order valence-corrected chi connectivity index (χ4v) is 5.05. The van der Waals surface area contributed by atoms with E-state index in [0.29, 0.717) is 11.3 Å². The van der Waals surface area contributed by atoms with E-state index in [1.165, 1.54) is 17.0 Å². The fourth-order valence-electron chi connectivity index (χ4n) is 4.08. The van der Waals surface area contributed by atoms with E-state index in [4.69, 9.17) is 0 Å². The first-order chi connectivity index (χ1) is 16.4. The van der Waals surface area contributed by atoms with Gasteiger partial charge in [-0.15, -0.1) is 0 Å². The minimum absolute atomic E-state index is 0.275. The highest BCUT2D eigenvalue weighted by molar-refractivity contribution is 7.99. The molecule has 2 heterocycles. The number of rotatable bonds is 5. The van der Waals surface area contributed by atoms with Crippen molar-refractivity contribution in [3.8, 4) is 5.69 Å². The zero-order valence-electron chi connectivity index (χ0n) is 18.8. The molecule has 0 aliphatic carbocycles. The monoisotopic (exact) mass is 470 g/mol. The van der Waals surface area contributed by atoms with E-state index in [2.05, 4.69) is 28.8 Å². The quantitative estimate of drug-likeness (QED) is 0.262. The predicted octanol–water partition coefficient (Wildman–Crippen LogP) is 6.35. The summed E-state index contributed by atoms with van der Waals surface area (Å²) in [6, 6.07) is 22.2. The van der Waals surface area contributed by atoms with Gasteiger partial charge in [0, 0.05) is 32.4 Å². The van der Waals surface area contributed by atoms with Gasteiger partial charge in [-0.25, -0.2) is 4.39 Å². The Morgan fingerprint density at radius 3 is 2.47 bits per heavy atom. The van der Waals surface area contributed by atoms with Crippen LogP contribution in [0.3, 0.4) is 0 Å². The second kappa shape index (κ2) is 8.76. The van der Waals surface area contributed by atoms with Gasteiger partial charge in [0.1, 0.15) is 5.82 Å². The van der Waals surface area contributed by atoms with E-state index >= 15 is 0 Å². The third kappa shape index (κ3) is 4.06. The summed E-state index contributed by atoms with van der Waals surface area (Å²) in [6.07, 6.45) is 0. The largest absolute Gasteiger partial charge is 0.354 e. The van der Waals surface area contributed by atoms with Crippen molar-refractivity contribution in [2.24, 2.45) is 0 Å². The molecule has 5 nitrogen and oxygen atoms in total. The molecule has 0 unspecified atom stereocenters. The number of fused-ring (bicyclic) bond motifs is 2. The number of halogens is 1. The highest BCUT2D eigenvalue weighted by atomic mass is 32.2. The second-order valence-corrected chi connectivity index (χ2v) is 9.17. The second-order valence-electron chi connectivity index (χ2n) is 8.09. The molecule has 170 valence electrons. The molecule has 7 heteroatoms. The number of hydrazine groups is 1. The summed E-state index contributed by atoms with van der Waals surface area (Å²) in [7, 11) is 0. The average Bonchev–Trinajstić information content (AvgIpc) is 3.15. The van der Waals surface area contributed by atoms with Crippen molar-refractivity contribution in [3.63, 3.8) is 0 Å². The third-order valence-corrected chi connectivity index (χ3v) is 6.94. The van der Waals surface area contributed by atoms with E-state index in [-0.39, 0.29) is 11.7 Å². The number of nitrogens with one attached hydrogen (secondary N) is 3. The van der Waals surface area contributed by atoms with Gasteiger partial charge in [-0.2, -0.15) is 0 Å². The smallest absolute Gasteiger partial charge is 0.271 e. The minimum Gasteiger partial charge on any atom is -0.354 e. The first-order valence-electron chi connectivity index (χ1n) is 10.8. The van der Waals surface area contributed by atoms with Crippen molar-refractivity contribution in [2.75, 3.05) is 5.32 Å². The fraction of sp³-hybridized carbons (Fsp3) is 0.0741. The van der Waals surface area contributed by atoms with Crippen molar-refractivity contribution in [1.29, 1.82) is 0 Å². The molecule has 0 bridgehead atoms. The molecule has 4 aromatic rings. The number of nitrogens with zero attached hydrogens (tertiary/aromatic N) is 1. The molecule has 0 saturated heterocycles. The number of para-hydroxylation sites is 1. The lowest BCUT2D eigenvalue weighted by molar-refractivity contribution is 0.0942. The third-order valence-electron chi connectivity index (χ3n) is 5.79. The maximum atomic E-state index is 13.3. The van der Waals surface area contributed by atoms with Crippen LogP contribution in [-0.2, 0) is 0 Å². The number of hydrogen-bond acceptors (Lipinski definition) is 4. The standard InChI is InChI=1S/C27H23FN4OS/c1-16-14-22(18(3)32(16)21-11-9-20(28)10-12-21)27(33)31-30-17(2)19-8-13-26-24(15-19)29-23-6-4-5-7-25(23)34-26/h4-15,29-30H,2H2,1,3H3,(H,31,33). The van der Waals surface area contributed by atoms with Crippen molar-refractivity contribution in [3.05, 3.63) is 108 Å². The maximum Gasteiger partial charge on any atom is 0.271 e. The molecular formula is C27H23FN4OS. The molecule has 3 N–H and O–H groups in total. The van der Waals surface area contributed by atoms with Crippen LogP contribution < -0.4 is 16.2 Å². The molecule has 34 heavy (non-hydrogen) atoms. The molecule has 1 aromatic heterocycles. The molecule has 0 atom stereocenters. The van der Waals surface area contributed by atoms with Gasteiger partial charge in [0.05, 0.1) is 22.6 Å². The van der Waals surface area contributed by atoms with Crippen molar-refractivity contribution in [2.45, 2.75) is 23.6 Å². The Morgan fingerprint density at radius 1 is 0.941 bits per heavy atom. The number of amides is 1. The normalized spacial score (nSPS) is 11.7. The summed E-state index contributed by atoms with van der Waals surface area (Å²) < 4.78 is 15.2. The van der Waals surface area contributed by atoms with Crippen LogP contribution in [0, 0.1) is 19.7 Å². The van der Waals surface area contributed by atoms with Gasteiger partial charge < -0.3 is 9.88 Å². The van der Waals surface area contributed by atoms with Gasteiger partial charge in [0.25, 0.3) is 5.91 Å². The number of aryl methyl sites for hydroxylation is 1. The summed E-state index contributed by atoms with van der Waals surface area (Å²) >= 11 is 1.72. The van der Waals surface area contributed by atoms with Crippen molar-refractivity contribution >= 4 is 34.7 Å². The zero-order chi connectivity index (χ0) is 23.8. The van der Waals surface area contributed by atoms with Crippen LogP contribution in [0.1, 0.15) is 27.3 Å². The van der Waals surface area contributed by atoms with Crippen LogP contribution >= 0.6 is 11.8 Å². The molecule has 1 aliphatic rings. The van der Waals surface area contributed by atoms with Gasteiger partial charge in [-0.05, 0) is 68.4 Å². The van der Waals surface area contributed by atoms with Crippen LogP contribution in [0.4, 0.5) is 15.8 Å². The Morgan fingerprint density at radius 2 is 1.68 bits per heavy atom. The van der Waals surface area contributed by atoms with Crippen molar-refractivity contribution < 1.29 is 9.18 Å². The van der Waals surface area contributed by atoms with Crippen LogP contribution in [-0.4, -0.2) is 10.5 Å². The molecule has 0 spiro atoms. The lowest BCUT2D eigenvalue weighted by Crippen LogP contribution is -2.36. The number of benzene rings is 3. The number of aromatic nitrogens is 1. The van der Waals surface area contributed by atoms with E-state index in [0.717, 1.165) is 38.9 Å². The zero-order valence-corrected chi connectivity index (χ0v) is 19.6. The molecule has 0 saturated carbocycles.